The molecule has 0 aromatic heterocycles. The summed E-state index contributed by atoms with van der Waals surface area (Å²) in [7, 11) is 0. The predicted molar refractivity (Wildman–Crippen MR) is 90.3 cm³/mol. The van der Waals surface area contributed by atoms with Crippen molar-refractivity contribution in [3.8, 4) is 0 Å². The SMILES string of the molecule is C[C@@H](CO)N[C@H](c1ccc(Cl)cc1)[C@H](O)c1cccc(Cl)c1. The number of halogens is 2. The molecule has 2 rings (SSSR count). The van der Waals surface area contributed by atoms with Crippen molar-refractivity contribution in [2.24, 2.45) is 0 Å². The van der Waals surface area contributed by atoms with Crippen molar-refractivity contribution in [2.45, 2.75) is 25.1 Å². The van der Waals surface area contributed by atoms with Gasteiger partial charge in [-0.1, -0.05) is 47.5 Å². The zero-order valence-electron chi connectivity index (χ0n) is 12.2. The van der Waals surface area contributed by atoms with Gasteiger partial charge in [-0.2, -0.15) is 0 Å². The van der Waals surface area contributed by atoms with Crippen LogP contribution in [-0.2, 0) is 0 Å². The number of hydrogen-bond acceptors (Lipinski definition) is 3. The Labute approximate surface area is 140 Å². The third kappa shape index (κ3) is 4.45. The second-order valence-electron chi connectivity index (χ2n) is 5.28. The molecule has 2 aromatic carbocycles. The lowest BCUT2D eigenvalue weighted by atomic mass is 9.95. The van der Waals surface area contributed by atoms with Crippen molar-refractivity contribution in [2.75, 3.05) is 6.61 Å². The molecule has 3 N–H and O–H groups in total. The van der Waals surface area contributed by atoms with Crippen molar-refractivity contribution in [1.82, 2.24) is 5.32 Å². The van der Waals surface area contributed by atoms with Crippen LogP contribution in [0.2, 0.25) is 10.0 Å². The summed E-state index contributed by atoms with van der Waals surface area (Å²) in [5.74, 6) is 0. The van der Waals surface area contributed by atoms with Crippen molar-refractivity contribution in [3.05, 3.63) is 69.7 Å². The summed E-state index contributed by atoms with van der Waals surface area (Å²) in [6.45, 7) is 1.83. The standard InChI is InChI=1S/C17H19Cl2NO2/c1-11(10-21)20-16(12-5-7-14(18)8-6-12)17(22)13-3-2-4-15(19)9-13/h2-9,11,16-17,20-22H,10H2,1H3/t11-,16+,17+/m0/s1. The molecule has 118 valence electrons. The molecule has 3 nitrogen and oxygen atoms in total. The highest BCUT2D eigenvalue weighted by Gasteiger charge is 2.24. The molecule has 0 aliphatic carbocycles. The van der Waals surface area contributed by atoms with E-state index in [9.17, 15) is 10.2 Å². The van der Waals surface area contributed by atoms with Crippen LogP contribution < -0.4 is 5.32 Å². The normalized spacial score (nSPS) is 15.3. The second kappa shape index (κ2) is 7.95. The molecule has 0 aliphatic heterocycles. The molecule has 22 heavy (non-hydrogen) atoms. The molecule has 0 fully saturated rings. The number of nitrogens with one attached hydrogen (secondary N) is 1. The maximum absolute atomic E-state index is 10.7. The first-order valence-corrected chi connectivity index (χ1v) is 7.82. The van der Waals surface area contributed by atoms with Gasteiger partial charge in [0.2, 0.25) is 0 Å². The first kappa shape index (κ1) is 17.3. The Morgan fingerprint density at radius 1 is 1.00 bits per heavy atom. The molecule has 3 atom stereocenters. The van der Waals surface area contributed by atoms with Gasteiger partial charge in [-0.3, -0.25) is 0 Å². The molecule has 0 radical (unpaired) electrons. The van der Waals surface area contributed by atoms with E-state index in [1.54, 1.807) is 30.3 Å². The van der Waals surface area contributed by atoms with Crippen molar-refractivity contribution < 1.29 is 10.2 Å². The first-order chi connectivity index (χ1) is 10.5. The molecule has 5 heteroatoms. The van der Waals surface area contributed by atoms with Gasteiger partial charge in [-0.15, -0.1) is 0 Å². The van der Waals surface area contributed by atoms with Gasteiger partial charge in [0.25, 0.3) is 0 Å². The largest absolute Gasteiger partial charge is 0.395 e. The van der Waals surface area contributed by atoms with Gasteiger partial charge in [-0.05, 0) is 42.3 Å². The van der Waals surface area contributed by atoms with Gasteiger partial charge in [0, 0.05) is 16.1 Å². The zero-order chi connectivity index (χ0) is 16.1. The minimum absolute atomic E-state index is 0.0215. The molecule has 0 aliphatic rings. The molecular weight excluding hydrogens is 321 g/mol. The Bertz CT molecular complexity index is 604. The van der Waals surface area contributed by atoms with E-state index in [-0.39, 0.29) is 18.7 Å². The van der Waals surface area contributed by atoms with Crippen LogP contribution >= 0.6 is 23.2 Å². The van der Waals surface area contributed by atoms with E-state index in [4.69, 9.17) is 23.2 Å². The van der Waals surface area contributed by atoms with Gasteiger partial charge < -0.3 is 15.5 Å². The van der Waals surface area contributed by atoms with E-state index in [1.807, 2.05) is 25.1 Å². The zero-order valence-corrected chi connectivity index (χ0v) is 13.7. The minimum atomic E-state index is -0.797. The molecule has 0 saturated heterocycles. The van der Waals surface area contributed by atoms with E-state index in [2.05, 4.69) is 5.32 Å². The minimum Gasteiger partial charge on any atom is -0.395 e. The summed E-state index contributed by atoms with van der Waals surface area (Å²) < 4.78 is 0. The summed E-state index contributed by atoms with van der Waals surface area (Å²) in [5.41, 5.74) is 1.60. The van der Waals surface area contributed by atoms with Crippen LogP contribution in [0.25, 0.3) is 0 Å². The van der Waals surface area contributed by atoms with Gasteiger partial charge in [0.15, 0.2) is 0 Å². The lowest BCUT2D eigenvalue weighted by Crippen LogP contribution is -2.36. The molecule has 0 saturated carbocycles. The highest BCUT2D eigenvalue weighted by molar-refractivity contribution is 6.30. The molecule has 0 bridgehead atoms. The highest BCUT2D eigenvalue weighted by Crippen LogP contribution is 2.31. The van der Waals surface area contributed by atoms with Crippen LogP contribution in [0.4, 0.5) is 0 Å². The molecule has 0 unspecified atom stereocenters. The van der Waals surface area contributed by atoms with Crippen LogP contribution in [0.5, 0.6) is 0 Å². The van der Waals surface area contributed by atoms with Crippen LogP contribution in [0.3, 0.4) is 0 Å². The average molecular weight is 340 g/mol. The highest BCUT2D eigenvalue weighted by atomic mass is 35.5. The lowest BCUT2D eigenvalue weighted by molar-refractivity contribution is 0.114. The third-order valence-corrected chi connectivity index (χ3v) is 3.96. The van der Waals surface area contributed by atoms with Crippen LogP contribution in [0.15, 0.2) is 48.5 Å². The summed E-state index contributed by atoms with van der Waals surface area (Å²) in [5, 5.41) is 24.5. The van der Waals surface area contributed by atoms with Crippen molar-refractivity contribution in [3.63, 3.8) is 0 Å². The topological polar surface area (TPSA) is 52.5 Å². The van der Waals surface area contributed by atoms with Crippen molar-refractivity contribution >= 4 is 23.2 Å². The lowest BCUT2D eigenvalue weighted by Gasteiger charge is -2.28. The number of rotatable bonds is 6. The number of benzene rings is 2. The Morgan fingerprint density at radius 3 is 2.27 bits per heavy atom. The second-order valence-corrected chi connectivity index (χ2v) is 6.15. The molecule has 0 spiro atoms. The monoisotopic (exact) mass is 339 g/mol. The first-order valence-electron chi connectivity index (χ1n) is 7.07. The van der Waals surface area contributed by atoms with Crippen LogP contribution in [-0.4, -0.2) is 22.9 Å². The van der Waals surface area contributed by atoms with E-state index in [0.29, 0.717) is 15.6 Å². The van der Waals surface area contributed by atoms with E-state index in [0.717, 1.165) is 5.56 Å². The molecule has 0 amide bonds. The maximum Gasteiger partial charge on any atom is 0.0985 e. The van der Waals surface area contributed by atoms with E-state index >= 15 is 0 Å². The van der Waals surface area contributed by atoms with Gasteiger partial charge in [-0.25, -0.2) is 0 Å². The molecule has 2 aromatic rings. The summed E-state index contributed by atoms with van der Waals surface area (Å²) in [6.07, 6.45) is -0.797. The summed E-state index contributed by atoms with van der Waals surface area (Å²) in [6, 6.07) is 13.9. The summed E-state index contributed by atoms with van der Waals surface area (Å²) in [4.78, 5) is 0. The fraction of sp³-hybridized carbons (Fsp3) is 0.294. The van der Waals surface area contributed by atoms with Gasteiger partial charge >= 0.3 is 0 Å². The maximum atomic E-state index is 10.7. The van der Waals surface area contributed by atoms with Gasteiger partial charge in [0.1, 0.15) is 0 Å². The smallest absolute Gasteiger partial charge is 0.0985 e. The Morgan fingerprint density at radius 2 is 1.68 bits per heavy atom. The third-order valence-electron chi connectivity index (χ3n) is 3.47. The van der Waals surface area contributed by atoms with Crippen LogP contribution in [0, 0.1) is 0 Å². The Balaban J connectivity index is 2.32. The average Bonchev–Trinajstić information content (AvgIpc) is 2.52. The van der Waals surface area contributed by atoms with Crippen molar-refractivity contribution in [1.29, 1.82) is 0 Å². The Hall–Kier alpha value is -1.10. The predicted octanol–water partition coefficient (Wildman–Crippen LogP) is 3.74. The number of aliphatic hydroxyl groups excluding tert-OH is 2. The number of aliphatic hydroxyl groups is 2. The number of hydrogen-bond donors (Lipinski definition) is 3. The van der Waals surface area contributed by atoms with Crippen LogP contribution in [0.1, 0.15) is 30.2 Å². The van der Waals surface area contributed by atoms with E-state index in [1.165, 1.54) is 0 Å². The van der Waals surface area contributed by atoms with E-state index < -0.39 is 6.10 Å². The fourth-order valence-electron chi connectivity index (χ4n) is 2.28. The molecular formula is C17H19Cl2NO2. The summed E-state index contributed by atoms with van der Waals surface area (Å²) >= 11 is 11.9. The van der Waals surface area contributed by atoms with Gasteiger partial charge in [0.05, 0.1) is 18.8 Å². The Kier molecular flexibility index (Phi) is 6.24. The quantitative estimate of drug-likeness (QED) is 0.751. The molecule has 0 heterocycles. The fourth-order valence-corrected chi connectivity index (χ4v) is 2.61.